The second-order valence-corrected chi connectivity index (χ2v) is 4.86. The van der Waals surface area contributed by atoms with Gasteiger partial charge in [0.1, 0.15) is 6.29 Å². The van der Waals surface area contributed by atoms with Gasteiger partial charge in [0.05, 0.1) is 6.10 Å². The van der Waals surface area contributed by atoms with E-state index in [4.69, 9.17) is 9.47 Å². The molecule has 1 heterocycles. The van der Waals surface area contributed by atoms with Crippen molar-refractivity contribution in [3.63, 3.8) is 0 Å². The SMILES string of the molecule is CCCCC[C@@H]1OC(OCCCC)C[C@H]1C=O. The van der Waals surface area contributed by atoms with E-state index in [1.807, 2.05) is 0 Å². The molecular formula is C14H26O3. The average molecular weight is 242 g/mol. The molecule has 100 valence electrons. The van der Waals surface area contributed by atoms with Crippen LogP contribution in [0.25, 0.3) is 0 Å². The van der Waals surface area contributed by atoms with Gasteiger partial charge in [0.2, 0.25) is 0 Å². The van der Waals surface area contributed by atoms with E-state index in [1.165, 1.54) is 12.8 Å². The first-order valence-electron chi connectivity index (χ1n) is 7.04. The van der Waals surface area contributed by atoms with Crippen molar-refractivity contribution in [1.82, 2.24) is 0 Å². The average Bonchev–Trinajstić information content (AvgIpc) is 2.72. The summed E-state index contributed by atoms with van der Waals surface area (Å²) in [6, 6.07) is 0. The maximum absolute atomic E-state index is 11.0. The van der Waals surface area contributed by atoms with Gasteiger partial charge in [-0.25, -0.2) is 0 Å². The lowest BCUT2D eigenvalue weighted by molar-refractivity contribution is -0.136. The van der Waals surface area contributed by atoms with Crippen molar-refractivity contribution in [2.45, 2.75) is 71.2 Å². The summed E-state index contributed by atoms with van der Waals surface area (Å²) in [7, 11) is 0. The fourth-order valence-corrected chi connectivity index (χ4v) is 2.21. The van der Waals surface area contributed by atoms with E-state index in [1.54, 1.807) is 0 Å². The summed E-state index contributed by atoms with van der Waals surface area (Å²) in [6.45, 7) is 5.07. The van der Waals surface area contributed by atoms with E-state index in [9.17, 15) is 4.79 Å². The highest BCUT2D eigenvalue weighted by atomic mass is 16.7. The Bertz CT molecular complexity index is 206. The second kappa shape index (κ2) is 8.65. The van der Waals surface area contributed by atoms with Gasteiger partial charge in [0.15, 0.2) is 6.29 Å². The fraction of sp³-hybridized carbons (Fsp3) is 0.929. The van der Waals surface area contributed by atoms with Crippen molar-refractivity contribution in [2.24, 2.45) is 5.92 Å². The molecule has 0 aromatic carbocycles. The number of rotatable bonds is 9. The molecule has 1 unspecified atom stereocenters. The molecule has 1 aliphatic rings. The Kier molecular flexibility index (Phi) is 7.45. The molecule has 17 heavy (non-hydrogen) atoms. The van der Waals surface area contributed by atoms with Crippen LogP contribution in [-0.2, 0) is 14.3 Å². The molecule has 0 spiro atoms. The van der Waals surface area contributed by atoms with Crippen molar-refractivity contribution in [3.8, 4) is 0 Å². The van der Waals surface area contributed by atoms with Gasteiger partial charge in [-0.2, -0.15) is 0 Å². The van der Waals surface area contributed by atoms with Crippen LogP contribution in [0.4, 0.5) is 0 Å². The van der Waals surface area contributed by atoms with Crippen LogP contribution in [0.5, 0.6) is 0 Å². The molecule has 0 aromatic rings. The molecule has 3 heteroatoms. The van der Waals surface area contributed by atoms with Crippen molar-refractivity contribution in [2.75, 3.05) is 6.61 Å². The standard InChI is InChI=1S/C14H26O3/c1-3-5-7-8-13-12(11-15)10-14(17-13)16-9-6-4-2/h11-14H,3-10H2,1-2H3/t12-,13-,14?/m0/s1. The Morgan fingerprint density at radius 2 is 2.00 bits per heavy atom. The molecule has 1 aliphatic heterocycles. The van der Waals surface area contributed by atoms with Crippen molar-refractivity contribution in [1.29, 1.82) is 0 Å². The van der Waals surface area contributed by atoms with Gasteiger partial charge in [-0.05, 0) is 12.8 Å². The quantitative estimate of drug-likeness (QED) is 0.459. The number of hydrogen-bond acceptors (Lipinski definition) is 3. The summed E-state index contributed by atoms with van der Waals surface area (Å²) in [5, 5.41) is 0. The molecule has 1 fully saturated rings. The Morgan fingerprint density at radius 3 is 2.65 bits per heavy atom. The molecule has 0 saturated carbocycles. The van der Waals surface area contributed by atoms with Gasteiger partial charge in [0, 0.05) is 18.9 Å². The van der Waals surface area contributed by atoms with Crippen molar-refractivity contribution >= 4 is 6.29 Å². The fourth-order valence-electron chi connectivity index (χ4n) is 2.21. The summed E-state index contributed by atoms with van der Waals surface area (Å²) in [5.74, 6) is 0.0403. The van der Waals surface area contributed by atoms with Crippen LogP contribution < -0.4 is 0 Å². The maximum Gasteiger partial charge on any atom is 0.158 e. The van der Waals surface area contributed by atoms with E-state index < -0.39 is 0 Å². The van der Waals surface area contributed by atoms with Gasteiger partial charge in [0.25, 0.3) is 0 Å². The highest BCUT2D eigenvalue weighted by molar-refractivity contribution is 5.55. The summed E-state index contributed by atoms with van der Waals surface area (Å²) in [4.78, 5) is 11.0. The third-order valence-electron chi connectivity index (χ3n) is 3.34. The largest absolute Gasteiger partial charge is 0.353 e. The number of unbranched alkanes of at least 4 members (excludes halogenated alkanes) is 3. The lowest BCUT2D eigenvalue weighted by Crippen LogP contribution is -2.18. The predicted octanol–water partition coefficient (Wildman–Crippen LogP) is 3.31. The van der Waals surface area contributed by atoms with E-state index in [-0.39, 0.29) is 18.3 Å². The summed E-state index contributed by atoms with van der Waals surface area (Å²) >= 11 is 0. The first-order chi connectivity index (χ1) is 8.31. The summed E-state index contributed by atoms with van der Waals surface area (Å²) < 4.78 is 11.4. The Labute approximate surface area is 105 Å². The van der Waals surface area contributed by atoms with Gasteiger partial charge >= 0.3 is 0 Å². The van der Waals surface area contributed by atoms with Crippen LogP contribution >= 0.6 is 0 Å². The van der Waals surface area contributed by atoms with Crippen LogP contribution in [-0.4, -0.2) is 25.3 Å². The number of hydrogen-bond donors (Lipinski definition) is 0. The van der Waals surface area contributed by atoms with Crippen LogP contribution in [0.2, 0.25) is 0 Å². The predicted molar refractivity (Wildman–Crippen MR) is 67.8 cm³/mol. The number of aldehydes is 1. The third-order valence-corrected chi connectivity index (χ3v) is 3.34. The Morgan fingerprint density at radius 1 is 1.24 bits per heavy atom. The molecule has 0 bridgehead atoms. The zero-order valence-electron chi connectivity index (χ0n) is 11.2. The zero-order chi connectivity index (χ0) is 12.5. The minimum Gasteiger partial charge on any atom is -0.353 e. The second-order valence-electron chi connectivity index (χ2n) is 4.86. The van der Waals surface area contributed by atoms with Crippen LogP contribution in [0, 0.1) is 5.92 Å². The third kappa shape index (κ3) is 5.17. The highest BCUT2D eigenvalue weighted by Crippen LogP contribution is 2.29. The van der Waals surface area contributed by atoms with Crippen molar-refractivity contribution < 1.29 is 14.3 Å². The van der Waals surface area contributed by atoms with Crippen molar-refractivity contribution in [3.05, 3.63) is 0 Å². The molecule has 3 atom stereocenters. The molecule has 0 radical (unpaired) electrons. The number of carbonyl (C=O) groups excluding carboxylic acids is 1. The Hall–Kier alpha value is -0.410. The molecule has 3 nitrogen and oxygen atoms in total. The van der Waals surface area contributed by atoms with E-state index in [0.717, 1.165) is 45.0 Å². The topological polar surface area (TPSA) is 35.5 Å². The van der Waals surface area contributed by atoms with E-state index in [0.29, 0.717) is 0 Å². The summed E-state index contributed by atoms with van der Waals surface area (Å²) in [5.41, 5.74) is 0. The van der Waals surface area contributed by atoms with Gasteiger partial charge in [-0.1, -0.05) is 39.5 Å². The maximum atomic E-state index is 11.0. The lowest BCUT2D eigenvalue weighted by Gasteiger charge is -2.14. The Balaban J connectivity index is 2.25. The van der Waals surface area contributed by atoms with Gasteiger partial charge < -0.3 is 14.3 Å². The first kappa shape index (κ1) is 14.7. The molecule has 0 aliphatic carbocycles. The number of carbonyl (C=O) groups is 1. The summed E-state index contributed by atoms with van der Waals surface area (Å²) in [6.07, 6.45) is 8.47. The van der Waals surface area contributed by atoms with Crippen LogP contribution in [0.15, 0.2) is 0 Å². The monoisotopic (exact) mass is 242 g/mol. The van der Waals surface area contributed by atoms with Crippen LogP contribution in [0.3, 0.4) is 0 Å². The van der Waals surface area contributed by atoms with Crippen LogP contribution in [0.1, 0.15) is 58.8 Å². The number of ether oxygens (including phenoxy) is 2. The molecule has 0 N–H and O–H groups in total. The molecule has 1 rings (SSSR count). The highest BCUT2D eigenvalue weighted by Gasteiger charge is 2.34. The molecule has 1 saturated heterocycles. The zero-order valence-corrected chi connectivity index (χ0v) is 11.2. The smallest absolute Gasteiger partial charge is 0.158 e. The molecule has 0 aromatic heterocycles. The minimum atomic E-state index is -0.150. The minimum absolute atomic E-state index is 0.0403. The van der Waals surface area contributed by atoms with Gasteiger partial charge in [-0.3, -0.25) is 0 Å². The first-order valence-corrected chi connectivity index (χ1v) is 7.04. The normalized spacial score (nSPS) is 28.5. The lowest BCUT2D eigenvalue weighted by atomic mass is 9.98. The van der Waals surface area contributed by atoms with Gasteiger partial charge in [-0.15, -0.1) is 0 Å². The molecule has 0 amide bonds. The van der Waals surface area contributed by atoms with E-state index in [2.05, 4.69) is 13.8 Å². The van der Waals surface area contributed by atoms with E-state index >= 15 is 0 Å². The molecular weight excluding hydrogens is 216 g/mol.